The van der Waals surface area contributed by atoms with Crippen molar-refractivity contribution in [3.63, 3.8) is 0 Å². The zero-order chi connectivity index (χ0) is 21.5. The summed E-state index contributed by atoms with van der Waals surface area (Å²) in [4.78, 5) is 22.9. The molecule has 0 heterocycles. The summed E-state index contributed by atoms with van der Waals surface area (Å²) in [5, 5.41) is 14.8. The van der Waals surface area contributed by atoms with Gasteiger partial charge in [-0.1, -0.05) is 24.3 Å². The number of aromatic carboxylic acids is 1. The summed E-state index contributed by atoms with van der Waals surface area (Å²) >= 11 is 0. The van der Waals surface area contributed by atoms with Crippen molar-refractivity contribution in [3.05, 3.63) is 89.2 Å². The quantitative estimate of drug-likeness (QED) is 0.280. The molecule has 0 aromatic heterocycles. The number of methoxy groups -OCH3 is 1. The molecule has 8 heteroatoms. The molecule has 152 valence electrons. The average molecular weight is 407 g/mol. The molecule has 30 heavy (non-hydrogen) atoms. The Balaban J connectivity index is 1.69. The molecule has 0 aliphatic heterocycles. The number of carboxylic acids is 1. The molecule has 0 amide bonds. The van der Waals surface area contributed by atoms with Gasteiger partial charge in [0.2, 0.25) is 0 Å². The van der Waals surface area contributed by atoms with Crippen LogP contribution in [0, 0.1) is 5.82 Å². The van der Waals surface area contributed by atoms with Crippen molar-refractivity contribution >= 4 is 23.8 Å². The van der Waals surface area contributed by atoms with Gasteiger partial charge in [0.05, 0.1) is 30.5 Å². The van der Waals surface area contributed by atoms with Crippen molar-refractivity contribution in [2.75, 3.05) is 12.5 Å². The van der Waals surface area contributed by atoms with Gasteiger partial charge in [-0.05, 0) is 53.6 Å². The number of hydrogen-bond donors (Lipinski definition) is 1. The van der Waals surface area contributed by atoms with Crippen LogP contribution in [0.4, 0.5) is 10.1 Å². The van der Waals surface area contributed by atoms with E-state index in [1.165, 1.54) is 55.8 Å². The van der Waals surface area contributed by atoms with Crippen LogP contribution in [0.15, 0.2) is 71.8 Å². The van der Waals surface area contributed by atoms with Gasteiger partial charge < -0.3 is 19.4 Å². The fourth-order valence-electron chi connectivity index (χ4n) is 2.49. The molecule has 7 nitrogen and oxygen atoms in total. The number of benzene rings is 3. The van der Waals surface area contributed by atoms with Crippen molar-refractivity contribution in [2.24, 2.45) is 5.10 Å². The first kappa shape index (κ1) is 20.5. The average Bonchev–Trinajstić information content (AvgIpc) is 2.75. The molecule has 0 aliphatic carbocycles. The van der Waals surface area contributed by atoms with Crippen LogP contribution in [0.5, 0.6) is 11.5 Å². The summed E-state index contributed by atoms with van der Waals surface area (Å²) in [5.41, 5.74) is 3.86. The number of carbonyl (C=O) groups excluding carboxylic acids is 2. The summed E-state index contributed by atoms with van der Waals surface area (Å²) in [6.07, 6.45) is 1.50. The minimum Gasteiger partial charge on any atom is -0.545 e. The van der Waals surface area contributed by atoms with Crippen molar-refractivity contribution < 1.29 is 28.6 Å². The molecule has 1 N–H and O–H groups in total. The predicted molar refractivity (Wildman–Crippen MR) is 106 cm³/mol. The van der Waals surface area contributed by atoms with E-state index in [1.54, 1.807) is 24.3 Å². The smallest absolute Gasteiger partial charge is 0.346 e. The highest BCUT2D eigenvalue weighted by Crippen LogP contribution is 2.28. The second kappa shape index (κ2) is 9.33. The molecule has 0 fully saturated rings. The van der Waals surface area contributed by atoms with Crippen LogP contribution in [-0.4, -0.2) is 25.3 Å². The van der Waals surface area contributed by atoms with Gasteiger partial charge in [0, 0.05) is 0 Å². The Kier molecular flexibility index (Phi) is 6.39. The molecule has 3 aromatic rings. The Morgan fingerprint density at radius 2 is 1.77 bits per heavy atom. The molecule has 0 unspecified atom stereocenters. The molecular formula is C22H16FN2O5-. The maximum absolute atomic E-state index is 13.7. The lowest BCUT2D eigenvalue weighted by Gasteiger charge is -2.10. The molecule has 0 atom stereocenters. The number of anilines is 1. The highest BCUT2D eigenvalue weighted by molar-refractivity contribution is 5.92. The first-order valence-corrected chi connectivity index (χ1v) is 8.73. The number of rotatable bonds is 7. The number of esters is 1. The normalized spacial score (nSPS) is 10.6. The third kappa shape index (κ3) is 4.99. The van der Waals surface area contributed by atoms with Gasteiger partial charge in [0.15, 0.2) is 11.5 Å². The Hall–Kier alpha value is -4.20. The summed E-state index contributed by atoms with van der Waals surface area (Å²) < 4.78 is 24.2. The van der Waals surface area contributed by atoms with E-state index in [9.17, 15) is 19.1 Å². The van der Waals surface area contributed by atoms with Crippen molar-refractivity contribution in [2.45, 2.75) is 0 Å². The van der Waals surface area contributed by atoms with Gasteiger partial charge in [0.25, 0.3) is 0 Å². The van der Waals surface area contributed by atoms with Crippen LogP contribution in [0.25, 0.3) is 0 Å². The second-order valence-electron chi connectivity index (χ2n) is 6.01. The second-order valence-corrected chi connectivity index (χ2v) is 6.01. The van der Waals surface area contributed by atoms with Crippen LogP contribution < -0.4 is 20.0 Å². The van der Waals surface area contributed by atoms with E-state index in [-0.39, 0.29) is 22.6 Å². The third-order valence-corrected chi connectivity index (χ3v) is 4.01. The number of hydrazone groups is 1. The van der Waals surface area contributed by atoms with Crippen molar-refractivity contribution in [1.82, 2.24) is 0 Å². The Bertz CT molecular complexity index is 1100. The summed E-state index contributed by atoms with van der Waals surface area (Å²) in [5.74, 6) is -2.37. The summed E-state index contributed by atoms with van der Waals surface area (Å²) in [6, 6.07) is 16.1. The molecular weight excluding hydrogens is 391 g/mol. The predicted octanol–water partition coefficient (Wildman–Crippen LogP) is 2.86. The fraction of sp³-hybridized carbons (Fsp3) is 0.0455. The Labute approximate surface area is 171 Å². The van der Waals surface area contributed by atoms with Gasteiger partial charge in [-0.2, -0.15) is 5.10 Å². The lowest BCUT2D eigenvalue weighted by Crippen LogP contribution is -2.21. The molecule has 0 aliphatic rings. The molecule has 0 spiro atoms. The zero-order valence-corrected chi connectivity index (χ0v) is 15.8. The molecule has 0 saturated heterocycles. The van der Waals surface area contributed by atoms with E-state index in [0.29, 0.717) is 11.3 Å². The highest BCUT2D eigenvalue weighted by Gasteiger charge is 2.16. The van der Waals surface area contributed by atoms with Crippen LogP contribution in [0.1, 0.15) is 26.3 Å². The molecule has 3 rings (SSSR count). The van der Waals surface area contributed by atoms with E-state index in [1.807, 2.05) is 0 Å². The minimum atomic E-state index is -1.26. The lowest BCUT2D eigenvalue weighted by molar-refractivity contribution is -0.255. The number of hydrogen-bond acceptors (Lipinski definition) is 7. The number of halogens is 1. The van der Waals surface area contributed by atoms with Crippen LogP contribution in [0.2, 0.25) is 0 Å². The zero-order valence-electron chi connectivity index (χ0n) is 15.8. The van der Waals surface area contributed by atoms with Crippen LogP contribution >= 0.6 is 0 Å². The van der Waals surface area contributed by atoms with Gasteiger partial charge in [0.1, 0.15) is 5.82 Å². The maximum atomic E-state index is 13.7. The standard InChI is InChI=1S/C22H17FN2O5/c1-29-20-12-14(13-24-25-16-9-7-15(8-10-16)21(26)27)6-11-19(20)30-22(28)17-4-2-3-5-18(17)23/h2-13,25H,1H3,(H,26,27)/p-1/b24-13-. The summed E-state index contributed by atoms with van der Waals surface area (Å²) in [7, 11) is 1.41. The van der Waals surface area contributed by atoms with E-state index < -0.39 is 17.8 Å². The van der Waals surface area contributed by atoms with Gasteiger partial charge in [-0.25, -0.2) is 9.18 Å². The topological polar surface area (TPSA) is 100 Å². The Morgan fingerprint density at radius 1 is 1.03 bits per heavy atom. The first-order chi connectivity index (χ1) is 14.5. The summed E-state index contributed by atoms with van der Waals surface area (Å²) in [6.45, 7) is 0. The largest absolute Gasteiger partial charge is 0.545 e. The van der Waals surface area contributed by atoms with E-state index in [2.05, 4.69) is 10.5 Å². The van der Waals surface area contributed by atoms with Crippen LogP contribution in [-0.2, 0) is 0 Å². The van der Waals surface area contributed by atoms with Crippen molar-refractivity contribution in [1.29, 1.82) is 0 Å². The SMILES string of the molecule is COc1cc(/C=N\Nc2ccc(C(=O)[O-])cc2)ccc1OC(=O)c1ccccc1F. The first-order valence-electron chi connectivity index (χ1n) is 8.73. The maximum Gasteiger partial charge on any atom is 0.346 e. The minimum absolute atomic E-state index is 0.0646. The fourth-order valence-corrected chi connectivity index (χ4v) is 2.49. The van der Waals surface area contributed by atoms with Crippen molar-refractivity contribution in [3.8, 4) is 11.5 Å². The van der Waals surface area contributed by atoms with Gasteiger partial charge in [-0.15, -0.1) is 0 Å². The monoisotopic (exact) mass is 407 g/mol. The number of carbonyl (C=O) groups is 2. The van der Waals surface area contributed by atoms with Crippen LogP contribution in [0.3, 0.4) is 0 Å². The molecule has 0 saturated carbocycles. The number of nitrogens with one attached hydrogen (secondary N) is 1. The number of ether oxygens (including phenoxy) is 2. The molecule has 0 radical (unpaired) electrons. The Morgan fingerprint density at radius 3 is 2.43 bits per heavy atom. The van der Waals surface area contributed by atoms with E-state index >= 15 is 0 Å². The number of nitrogens with zero attached hydrogens (tertiary/aromatic N) is 1. The molecule has 0 bridgehead atoms. The highest BCUT2D eigenvalue weighted by atomic mass is 19.1. The third-order valence-electron chi connectivity index (χ3n) is 4.01. The van der Waals surface area contributed by atoms with E-state index in [0.717, 1.165) is 0 Å². The van der Waals surface area contributed by atoms with Gasteiger partial charge in [-0.3, -0.25) is 5.43 Å². The van der Waals surface area contributed by atoms with Gasteiger partial charge >= 0.3 is 5.97 Å². The lowest BCUT2D eigenvalue weighted by atomic mass is 10.2. The number of carboxylic acid groups (broad SMARTS) is 1. The van der Waals surface area contributed by atoms with E-state index in [4.69, 9.17) is 9.47 Å². The molecule has 3 aromatic carbocycles.